The molecule has 0 aromatic carbocycles. The van der Waals surface area contributed by atoms with Gasteiger partial charge < -0.3 is 9.57 Å². The zero-order valence-corrected chi connectivity index (χ0v) is 8.09. The summed E-state index contributed by atoms with van der Waals surface area (Å²) in [5.41, 5.74) is 0.946. The van der Waals surface area contributed by atoms with Gasteiger partial charge in [0, 0.05) is 12.8 Å². The molecule has 3 heteroatoms. The third kappa shape index (κ3) is 3.72. The van der Waals surface area contributed by atoms with Gasteiger partial charge in [0.2, 0.25) is 0 Å². The third-order valence-electron chi connectivity index (χ3n) is 1.52. The summed E-state index contributed by atoms with van der Waals surface area (Å²) in [5, 5.41) is 4.09. The second kappa shape index (κ2) is 3.90. The lowest BCUT2D eigenvalue weighted by molar-refractivity contribution is -0.00141. The highest BCUT2D eigenvalue weighted by Crippen LogP contribution is 2.10. The van der Waals surface area contributed by atoms with Gasteiger partial charge in [0.1, 0.15) is 5.60 Å². The average Bonchev–Trinajstić information content (AvgIpc) is 2.02. The van der Waals surface area contributed by atoms with Crippen LogP contribution in [0.3, 0.4) is 0 Å². The van der Waals surface area contributed by atoms with Gasteiger partial charge >= 0.3 is 0 Å². The highest BCUT2D eigenvalue weighted by Gasteiger charge is 2.12. The van der Waals surface area contributed by atoms with Crippen LogP contribution in [0.1, 0.15) is 33.6 Å². The summed E-state index contributed by atoms with van der Waals surface area (Å²) < 4.78 is 5.20. The zero-order chi connectivity index (χ0) is 9.03. The molecule has 0 radical (unpaired) electrons. The Morgan fingerprint density at radius 1 is 1.25 bits per heavy atom. The van der Waals surface area contributed by atoms with Crippen molar-refractivity contribution in [3.05, 3.63) is 0 Å². The van der Waals surface area contributed by atoms with Crippen molar-refractivity contribution in [2.75, 3.05) is 13.2 Å². The molecule has 0 bridgehead atoms. The Bertz CT molecular complexity index is 162. The summed E-state index contributed by atoms with van der Waals surface area (Å²) in [4.78, 5) is 5.30. The fourth-order valence-corrected chi connectivity index (χ4v) is 0.900. The molecule has 0 atom stereocenters. The molecule has 1 rings (SSSR count). The van der Waals surface area contributed by atoms with Crippen molar-refractivity contribution >= 4 is 5.71 Å². The predicted octanol–water partition coefficient (Wildman–Crippen LogP) is 1.97. The lowest BCUT2D eigenvalue weighted by Gasteiger charge is -2.18. The number of ether oxygens (including phenoxy) is 1. The van der Waals surface area contributed by atoms with E-state index < -0.39 is 0 Å². The maximum Gasteiger partial charge on any atom is 0.129 e. The molecule has 0 aliphatic carbocycles. The molecular formula is C9H17NO2. The first-order valence-corrected chi connectivity index (χ1v) is 4.39. The van der Waals surface area contributed by atoms with Crippen LogP contribution in [-0.4, -0.2) is 24.5 Å². The number of oxime groups is 1. The Morgan fingerprint density at radius 3 is 2.33 bits per heavy atom. The first kappa shape index (κ1) is 9.52. The van der Waals surface area contributed by atoms with E-state index in [0.29, 0.717) is 0 Å². The van der Waals surface area contributed by atoms with Gasteiger partial charge in [-0.15, -0.1) is 0 Å². The SMILES string of the molecule is CC(C)(C)ON=C1CCOCC1. The van der Waals surface area contributed by atoms with Crippen LogP contribution in [-0.2, 0) is 9.57 Å². The molecule has 0 amide bonds. The summed E-state index contributed by atoms with van der Waals surface area (Å²) in [7, 11) is 0. The summed E-state index contributed by atoms with van der Waals surface area (Å²) in [5.74, 6) is 0. The van der Waals surface area contributed by atoms with Crippen molar-refractivity contribution in [2.24, 2.45) is 5.16 Å². The largest absolute Gasteiger partial charge is 0.390 e. The number of rotatable bonds is 1. The molecule has 0 spiro atoms. The van der Waals surface area contributed by atoms with Crippen LogP contribution in [0.2, 0.25) is 0 Å². The molecule has 70 valence electrons. The topological polar surface area (TPSA) is 30.8 Å². The summed E-state index contributed by atoms with van der Waals surface area (Å²) >= 11 is 0. The minimum absolute atomic E-state index is 0.175. The maximum absolute atomic E-state index is 5.30. The molecule has 1 saturated heterocycles. The second-order valence-corrected chi connectivity index (χ2v) is 3.97. The van der Waals surface area contributed by atoms with Crippen molar-refractivity contribution < 1.29 is 9.57 Å². The lowest BCUT2D eigenvalue weighted by atomic mass is 10.2. The summed E-state index contributed by atoms with van der Waals surface area (Å²) in [6.45, 7) is 7.56. The van der Waals surface area contributed by atoms with Gasteiger partial charge in [0.05, 0.1) is 18.9 Å². The molecule has 0 aromatic rings. The van der Waals surface area contributed by atoms with Gasteiger partial charge in [0.15, 0.2) is 0 Å². The zero-order valence-electron chi connectivity index (χ0n) is 8.09. The van der Waals surface area contributed by atoms with Crippen molar-refractivity contribution in [1.29, 1.82) is 0 Å². The van der Waals surface area contributed by atoms with Crippen LogP contribution in [0.4, 0.5) is 0 Å². The Morgan fingerprint density at radius 2 is 1.83 bits per heavy atom. The minimum Gasteiger partial charge on any atom is -0.390 e. The van der Waals surface area contributed by atoms with Gasteiger partial charge in [-0.25, -0.2) is 0 Å². The summed E-state index contributed by atoms with van der Waals surface area (Å²) in [6.07, 6.45) is 1.83. The van der Waals surface area contributed by atoms with Gasteiger partial charge in [0.25, 0.3) is 0 Å². The standard InChI is InChI=1S/C9H17NO2/c1-9(2,3)12-10-8-4-6-11-7-5-8/h4-7H2,1-3H3. The molecule has 0 aromatic heterocycles. The van der Waals surface area contributed by atoms with E-state index in [-0.39, 0.29) is 5.60 Å². The van der Waals surface area contributed by atoms with Crippen molar-refractivity contribution in [2.45, 2.75) is 39.2 Å². The van der Waals surface area contributed by atoms with Crippen molar-refractivity contribution in [3.8, 4) is 0 Å². The first-order valence-electron chi connectivity index (χ1n) is 4.39. The molecule has 0 unspecified atom stereocenters. The fourth-order valence-electron chi connectivity index (χ4n) is 0.900. The number of hydrogen-bond acceptors (Lipinski definition) is 3. The maximum atomic E-state index is 5.30. The van der Waals surface area contributed by atoms with E-state index in [1.54, 1.807) is 0 Å². The van der Waals surface area contributed by atoms with Crippen LogP contribution < -0.4 is 0 Å². The van der Waals surface area contributed by atoms with Crippen LogP contribution in [0, 0.1) is 0 Å². The first-order chi connectivity index (χ1) is 5.58. The van der Waals surface area contributed by atoms with Gasteiger partial charge in [-0.2, -0.15) is 0 Å². The van der Waals surface area contributed by atoms with E-state index >= 15 is 0 Å². The molecule has 1 aliphatic rings. The second-order valence-electron chi connectivity index (χ2n) is 3.97. The molecule has 1 heterocycles. The highest BCUT2D eigenvalue weighted by atomic mass is 16.6. The van der Waals surface area contributed by atoms with Gasteiger partial charge in [-0.3, -0.25) is 0 Å². The smallest absolute Gasteiger partial charge is 0.129 e. The van der Waals surface area contributed by atoms with E-state index in [1.165, 1.54) is 0 Å². The normalized spacial score (nSPS) is 19.1. The van der Waals surface area contributed by atoms with E-state index in [1.807, 2.05) is 20.8 Å². The number of nitrogens with zero attached hydrogens (tertiary/aromatic N) is 1. The van der Waals surface area contributed by atoms with Crippen LogP contribution in [0.15, 0.2) is 5.16 Å². The predicted molar refractivity (Wildman–Crippen MR) is 48.3 cm³/mol. The van der Waals surface area contributed by atoms with E-state index in [9.17, 15) is 0 Å². The Hall–Kier alpha value is -0.570. The van der Waals surface area contributed by atoms with Gasteiger partial charge in [-0.05, 0) is 20.8 Å². The fraction of sp³-hybridized carbons (Fsp3) is 0.889. The molecule has 12 heavy (non-hydrogen) atoms. The van der Waals surface area contributed by atoms with E-state index in [2.05, 4.69) is 5.16 Å². The number of hydrogen-bond donors (Lipinski definition) is 0. The van der Waals surface area contributed by atoms with Crippen molar-refractivity contribution in [3.63, 3.8) is 0 Å². The minimum atomic E-state index is -0.175. The van der Waals surface area contributed by atoms with E-state index in [4.69, 9.17) is 9.57 Å². The highest BCUT2D eigenvalue weighted by molar-refractivity contribution is 5.84. The lowest BCUT2D eigenvalue weighted by Crippen LogP contribution is -2.20. The monoisotopic (exact) mass is 171 g/mol. The molecular weight excluding hydrogens is 154 g/mol. The molecule has 1 fully saturated rings. The molecule has 0 N–H and O–H groups in total. The Kier molecular flexibility index (Phi) is 3.09. The quantitative estimate of drug-likeness (QED) is 0.565. The van der Waals surface area contributed by atoms with Crippen molar-refractivity contribution in [1.82, 2.24) is 0 Å². The average molecular weight is 171 g/mol. The summed E-state index contributed by atoms with van der Waals surface area (Å²) in [6, 6.07) is 0. The van der Waals surface area contributed by atoms with Crippen LogP contribution in [0.25, 0.3) is 0 Å². The van der Waals surface area contributed by atoms with Crippen LogP contribution >= 0.6 is 0 Å². The molecule has 0 saturated carbocycles. The molecule has 1 aliphatic heterocycles. The Balaban J connectivity index is 2.35. The van der Waals surface area contributed by atoms with E-state index in [0.717, 1.165) is 31.8 Å². The van der Waals surface area contributed by atoms with Gasteiger partial charge in [-0.1, -0.05) is 5.16 Å². The van der Waals surface area contributed by atoms with Crippen LogP contribution in [0.5, 0.6) is 0 Å². The Labute approximate surface area is 73.7 Å². The molecule has 3 nitrogen and oxygen atoms in total. The third-order valence-corrected chi connectivity index (χ3v) is 1.52.